The number of morpholine rings is 1. The molecule has 0 radical (unpaired) electrons. The number of primary amides is 1. The number of carbonyl (C=O) groups is 2. The Morgan fingerprint density at radius 2 is 2.05 bits per heavy atom. The minimum absolute atomic E-state index is 0.0728. The summed E-state index contributed by atoms with van der Waals surface area (Å²) in [6.07, 6.45) is 0. The van der Waals surface area contributed by atoms with E-state index in [9.17, 15) is 9.59 Å². The second kappa shape index (κ2) is 6.19. The lowest BCUT2D eigenvalue weighted by Gasteiger charge is -2.39. The van der Waals surface area contributed by atoms with Gasteiger partial charge in [0.05, 0.1) is 25.3 Å². The van der Waals surface area contributed by atoms with Gasteiger partial charge >= 0.3 is 11.8 Å². The van der Waals surface area contributed by atoms with Crippen molar-refractivity contribution in [3.8, 4) is 0 Å². The Morgan fingerprint density at radius 3 is 2.62 bits per heavy atom. The van der Waals surface area contributed by atoms with Gasteiger partial charge < -0.3 is 20.3 Å². The first-order valence-electron chi connectivity index (χ1n) is 6.64. The van der Waals surface area contributed by atoms with Crippen molar-refractivity contribution in [2.75, 3.05) is 26.3 Å². The van der Waals surface area contributed by atoms with E-state index >= 15 is 0 Å². The zero-order chi connectivity index (χ0) is 15.5. The highest BCUT2D eigenvalue weighted by Crippen LogP contribution is 2.16. The molecule has 116 valence electrons. The fraction of sp³-hybridized carbons (Fsp3) is 0.667. The number of nitrogens with zero attached hydrogens (tertiary/aromatic N) is 3. The molecule has 1 aliphatic heterocycles. The smallest absolute Gasteiger partial charge is 0.315 e. The standard InChI is InChI=1S/C12H19N5O4/c1-12(2,17-3-5-20-6-4-17)11(19)14-7-8-15-10(9(13)18)21-16-8/h3-7H2,1-2H3,(H2,13,18)(H,14,19). The van der Waals surface area contributed by atoms with Gasteiger partial charge in [0.15, 0.2) is 5.82 Å². The Kier molecular flexibility index (Phi) is 4.53. The van der Waals surface area contributed by atoms with E-state index in [1.807, 2.05) is 13.8 Å². The van der Waals surface area contributed by atoms with E-state index < -0.39 is 11.4 Å². The van der Waals surface area contributed by atoms with Crippen LogP contribution in [0.25, 0.3) is 0 Å². The summed E-state index contributed by atoms with van der Waals surface area (Å²) in [6.45, 7) is 6.40. The molecule has 0 spiro atoms. The average Bonchev–Trinajstić information content (AvgIpc) is 2.94. The number of hydrogen-bond donors (Lipinski definition) is 2. The fourth-order valence-corrected chi connectivity index (χ4v) is 2.07. The summed E-state index contributed by atoms with van der Waals surface area (Å²) >= 11 is 0. The van der Waals surface area contributed by atoms with Crippen molar-refractivity contribution in [3.63, 3.8) is 0 Å². The lowest BCUT2D eigenvalue weighted by molar-refractivity contribution is -0.134. The van der Waals surface area contributed by atoms with Crippen LogP contribution in [0.15, 0.2) is 4.52 Å². The zero-order valence-corrected chi connectivity index (χ0v) is 12.1. The van der Waals surface area contributed by atoms with E-state index in [1.165, 1.54) is 0 Å². The van der Waals surface area contributed by atoms with E-state index in [0.29, 0.717) is 26.3 Å². The molecule has 21 heavy (non-hydrogen) atoms. The Bertz CT molecular complexity index is 521. The van der Waals surface area contributed by atoms with Crippen molar-refractivity contribution in [2.24, 2.45) is 5.73 Å². The zero-order valence-electron chi connectivity index (χ0n) is 12.1. The molecular weight excluding hydrogens is 278 g/mol. The first kappa shape index (κ1) is 15.4. The van der Waals surface area contributed by atoms with Gasteiger partial charge in [0, 0.05) is 13.1 Å². The molecule has 0 saturated carbocycles. The third-order valence-corrected chi connectivity index (χ3v) is 3.44. The van der Waals surface area contributed by atoms with Crippen LogP contribution in [-0.2, 0) is 16.1 Å². The van der Waals surface area contributed by atoms with E-state index in [2.05, 4.69) is 24.9 Å². The van der Waals surface area contributed by atoms with Crippen molar-refractivity contribution < 1.29 is 18.8 Å². The first-order chi connectivity index (χ1) is 9.91. The van der Waals surface area contributed by atoms with Crippen molar-refractivity contribution in [1.29, 1.82) is 0 Å². The van der Waals surface area contributed by atoms with E-state index in [-0.39, 0.29) is 24.2 Å². The molecule has 1 aliphatic rings. The van der Waals surface area contributed by atoms with Gasteiger partial charge in [-0.3, -0.25) is 14.5 Å². The van der Waals surface area contributed by atoms with Crippen molar-refractivity contribution in [2.45, 2.75) is 25.9 Å². The fourth-order valence-electron chi connectivity index (χ4n) is 2.07. The third kappa shape index (κ3) is 3.56. The highest BCUT2D eigenvalue weighted by molar-refractivity contribution is 5.87. The molecule has 2 heterocycles. The SMILES string of the molecule is CC(C)(C(=O)NCc1noc(C(N)=O)n1)N1CCOCC1. The second-order valence-electron chi connectivity index (χ2n) is 5.22. The summed E-state index contributed by atoms with van der Waals surface area (Å²) in [5, 5.41) is 6.30. The van der Waals surface area contributed by atoms with Crippen LogP contribution in [0.5, 0.6) is 0 Å². The third-order valence-electron chi connectivity index (χ3n) is 3.44. The number of hydrogen-bond acceptors (Lipinski definition) is 7. The average molecular weight is 297 g/mol. The predicted octanol–water partition coefficient (Wildman–Crippen LogP) is -1.10. The highest BCUT2D eigenvalue weighted by atomic mass is 16.5. The van der Waals surface area contributed by atoms with Gasteiger partial charge in [-0.1, -0.05) is 5.16 Å². The van der Waals surface area contributed by atoms with Gasteiger partial charge in [-0.15, -0.1) is 0 Å². The molecule has 9 heteroatoms. The summed E-state index contributed by atoms with van der Waals surface area (Å²) in [4.78, 5) is 29.0. The van der Waals surface area contributed by atoms with Crippen LogP contribution in [-0.4, -0.2) is 58.7 Å². The lowest BCUT2D eigenvalue weighted by Crippen LogP contribution is -2.57. The molecule has 0 atom stereocenters. The lowest BCUT2D eigenvalue weighted by atomic mass is 10.0. The van der Waals surface area contributed by atoms with Crippen LogP contribution >= 0.6 is 0 Å². The molecule has 2 amide bonds. The topological polar surface area (TPSA) is 124 Å². The van der Waals surface area contributed by atoms with Gasteiger partial charge in [-0.05, 0) is 13.8 Å². The molecule has 0 aliphatic carbocycles. The maximum Gasteiger partial charge on any atom is 0.315 e. The molecule has 9 nitrogen and oxygen atoms in total. The molecule has 1 aromatic heterocycles. The number of nitrogens with one attached hydrogen (secondary N) is 1. The number of nitrogens with two attached hydrogens (primary N) is 1. The summed E-state index contributed by atoms with van der Waals surface area (Å²) < 4.78 is 9.93. The molecule has 0 aromatic carbocycles. The Balaban J connectivity index is 1.91. The first-order valence-corrected chi connectivity index (χ1v) is 6.64. The minimum Gasteiger partial charge on any atom is -0.379 e. The quantitative estimate of drug-likeness (QED) is 0.706. The van der Waals surface area contributed by atoms with E-state index in [0.717, 1.165) is 0 Å². The normalized spacial score (nSPS) is 16.7. The number of amides is 2. The number of aromatic nitrogens is 2. The van der Waals surface area contributed by atoms with Crippen molar-refractivity contribution in [3.05, 3.63) is 11.7 Å². The number of rotatable bonds is 5. The molecule has 0 bridgehead atoms. The molecule has 0 unspecified atom stereocenters. The van der Waals surface area contributed by atoms with Crippen molar-refractivity contribution >= 4 is 11.8 Å². The molecule has 3 N–H and O–H groups in total. The Hall–Kier alpha value is -2.00. The van der Waals surface area contributed by atoms with E-state index in [4.69, 9.17) is 10.5 Å². The van der Waals surface area contributed by atoms with Crippen LogP contribution in [0, 0.1) is 0 Å². The number of ether oxygens (including phenoxy) is 1. The maximum atomic E-state index is 12.3. The molecular formula is C12H19N5O4. The molecule has 1 saturated heterocycles. The monoisotopic (exact) mass is 297 g/mol. The Morgan fingerprint density at radius 1 is 1.38 bits per heavy atom. The maximum absolute atomic E-state index is 12.3. The van der Waals surface area contributed by atoms with Crippen LogP contribution in [0.3, 0.4) is 0 Å². The number of carbonyl (C=O) groups excluding carboxylic acids is 2. The Labute approximate surface area is 121 Å². The van der Waals surface area contributed by atoms with Gasteiger partial charge in [0.2, 0.25) is 5.91 Å². The summed E-state index contributed by atoms with van der Waals surface area (Å²) in [6, 6.07) is 0. The minimum atomic E-state index is -0.797. The largest absolute Gasteiger partial charge is 0.379 e. The molecule has 1 fully saturated rings. The summed E-state index contributed by atoms with van der Waals surface area (Å²) in [5.74, 6) is -1.02. The van der Waals surface area contributed by atoms with Crippen LogP contribution in [0.4, 0.5) is 0 Å². The highest BCUT2D eigenvalue weighted by Gasteiger charge is 2.35. The summed E-state index contributed by atoms with van der Waals surface area (Å²) in [7, 11) is 0. The molecule has 2 rings (SSSR count). The summed E-state index contributed by atoms with van der Waals surface area (Å²) in [5.41, 5.74) is 4.34. The van der Waals surface area contributed by atoms with Crippen LogP contribution in [0.1, 0.15) is 30.4 Å². The van der Waals surface area contributed by atoms with E-state index in [1.54, 1.807) is 0 Å². The van der Waals surface area contributed by atoms with Crippen LogP contribution < -0.4 is 11.1 Å². The van der Waals surface area contributed by atoms with Gasteiger partial charge in [-0.25, -0.2) is 0 Å². The van der Waals surface area contributed by atoms with Gasteiger partial charge in [0.1, 0.15) is 0 Å². The van der Waals surface area contributed by atoms with Gasteiger partial charge in [0.25, 0.3) is 0 Å². The molecule has 1 aromatic rings. The predicted molar refractivity (Wildman–Crippen MR) is 71.1 cm³/mol. The second-order valence-corrected chi connectivity index (χ2v) is 5.22. The van der Waals surface area contributed by atoms with Crippen LogP contribution in [0.2, 0.25) is 0 Å². The van der Waals surface area contributed by atoms with Gasteiger partial charge in [-0.2, -0.15) is 4.98 Å². The van der Waals surface area contributed by atoms with Crippen molar-refractivity contribution in [1.82, 2.24) is 20.4 Å².